The van der Waals surface area contributed by atoms with Crippen LogP contribution in [-0.4, -0.2) is 47.8 Å². The molecule has 154 valence electrons. The van der Waals surface area contributed by atoms with Crippen molar-refractivity contribution in [2.24, 2.45) is 0 Å². The normalized spacial score (nSPS) is 19.5. The number of benzene rings is 1. The molecule has 0 aliphatic carbocycles. The molecule has 0 spiro atoms. The van der Waals surface area contributed by atoms with Crippen molar-refractivity contribution in [3.05, 3.63) is 39.8 Å². The summed E-state index contributed by atoms with van der Waals surface area (Å²) < 4.78 is 4.57. The molecule has 29 heavy (non-hydrogen) atoms. The van der Waals surface area contributed by atoms with Gasteiger partial charge in [-0.2, -0.15) is 0 Å². The summed E-state index contributed by atoms with van der Waals surface area (Å²) in [4.78, 5) is 39.8. The van der Waals surface area contributed by atoms with Gasteiger partial charge in [-0.25, -0.2) is 0 Å². The van der Waals surface area contributed by atoms with Crippen LogP contribution in [-0.2, 0) is 14.3 Å². The summed E-state index contributed by atoms with van der Waals surface area (Å²) in [7, 11) is 1.23. The zero-order valence-electron chi connectivity index (χ0n) is 17.7. The van der Waals surface area contributed by atoms with Crippen molar-refractivity contribution in [3.8, 4) is 0 Å². The number of methoxy groups -OCH3 is 1. The minimum atomic E-state index is -0.624. The number of likely N-dealkylation sites (N-methyl/N-ethyl adjacent to an activating group) is 1. The fraction of sp³-hybridized carbons (Fsp3) is 0.409. The Morgan fingerprint density at radius 2 is 1.93 bits per heavy atom. The lowest BCUT2D eigenvalue weighted by atomic mass is 9.87. The molecule has 0 bridgehead atoms. The summed E-state index contributed by atoms with van der Waals surface area (Å²) in [6, 6.07) is 4.21. The molecule has 0 N–H and O–H groups in total. The van der Waals surface area contributed by atoms with Crippen molar-refractivity contribution < 1.29 is 19.1 Å². The smallest absolute Gasteiger partial charge is 0.325 e. The fourth-order valence-corrected chi connectivity index (χ4v) is 4.78. The van der Waals surface area contributed by atoms with Gasteiger partial charge in [-0.3, -0.25) is 19.3 Å². The van der Waals surface area contributed by atoms with Gasteiger partial charge in [-0.1, -0.05) is 6.08 Å². The lowest BCUT2D eigenvalue weighted by molar-refractivity contribution is -0.143. The van der Waals surface area contributed by atoms with Crippen LogP contribution in [0, 0.1) is 6.92 Å². The first-order chi connectivity index (χ1) is 13.6. The molecule has 2 amide bonds. The molecule has 0 atom stereocenters. The van der Waals surface area contributed by atoms with Crippen LogP contribution in [0.3, 0.4) is 0 Å². The second kappa shape index (κ2) is 7.71. The van der Waals surface area contributed by atoms with Crippen LogP contribution >= 0.6 is 11.8 Å². The quantitative estimate of drug-likeness (QED) is 0.543. The molecule has 0 radical (unpaired) electrons. The van der Waals surface area contributed by atoms with Crippen LogP contribution in [0.4, 0.5) is 10.5 Å². The van der Waals surface area contributed by atoms with E-state index < -0.39 is 17.1 Å². The monoisotopic (exact) mass is 414 g/mol. The van der Waals surface area contributed by atoms with Gasteiger partial charge in [0.25, 0.3) is 11.1 Å². The first-order valence-corrected chi connectivity index (χ1v) is 10.3. The van der Waals surface area contributed by atoms with E-state index in [-0.39, 0.29) is 12.1 Å². The largest absolute Gasteiger partial charge is 0.468 e. The highest BCUT2D eigenvalue weighted by Gasteiger charge is 2.37. The van der Waals surface area contributed by atoms with Gasteiger partial charge in [0.15, 0.2) is 0 Å². The highest BCUT2D eigenvalue weighted by molar-refractivity contribution is 8.18. The molecular formula is C22H26N2O4S. The molecule has 7 heteroatoms. The standard InChI is InChI=1S/C22H26N2O4S/c1-7-24-17-8-13(2)15(9-16(17)14(3)11-22(24,4)5)10-18-20(26)23(21(27)29-18)12-19(25)28-6/h8-11H,7,12H2,1-6H3/b18-10-. The average Bonchev–Trinajstić information content (AvgIpc) is 2.90. The number of aryl methyl sites for hydroxylation is 1. The number of ether oxygens (including phenoxy) is 1. The van der Waals surface area contributed by atoms with Crippen molar-refractivity contribution >= 4 is 46.2 Å². The van der Waals surface area contributed by atoms with Crippen LogP contribution in [0.25, 0.3) is 11.6 Å². The number of carbonyl (C=O) groups is 3. The van der Waals surface area contributed by atoms with Crippen LogP contribution in [0.5, 0.6) is 0 Å². The first kappa shape index (κ1) is 21.2. The van der Waals surface area contributed by atoms with Crippen LogP contribution in [0.2, 0.25) is 0 Å². The lowest BCUT2D eigenvalue weighted by Gasteiger charge is -2.43. The van der Waals surface area contributed by atoms with Crippen LogP contribution < -0.4 is 4.90 Å². The third-order valence-electron chi connectivity index (χ3n) is 5.36. The minimum Gasteiger partial charge on any atom is -0.468 e. The Bertz CT molecular complexity index is 962. The molecule has 0 saturated carbocycles. The maximum absolute atomic E-state index is 12.6. The number of imide groups is 1. The van der Waals surface area contributed by atoms with E-state index >= 15 is 0 Å². The number of hydrogen-bond acceptors (Lipinski definition) is 6. The summed E-state index contributed by atoms with van der Waals surface area (Å²) >= 11 is 0.847. The number of carbonyl (C=O) groups excluding carboxylic acids is 3. The summed E-state index contributed by atoms with van der Waals surface area (Å²) in [5.74, 6) is -1.09. The number of fused-ring (bicyclic) bond motifs is 1. The van der Waals surface area contributed by atoms with Gasteiger partial charge in [0.1, 0.15) is 6.54 Å². The molecule has 2 heterocycles. The Morgan fingerprint density at radius 3 is 2.55 bits per heavy atom. The first-order valence-electron chi connectivity index (χ1n) is 9.53. The molecule has 6 nitrogen and oxygen atoms in total. The van der Waals surface area contributed by atoms with Crippen LogP contribution in [0.15, 0.2) is 23.1 Å². The molecule has 1 aromatic rings. The Morgan fingerprint density at radius 1 is 1.24 bits per heavy atom. The predicted molar refractivity (Wildman–Crippen MR) is 117 cm³/mol. The zero-order chi connectivity index (χ0) is 21.5. The van der Waals surface area contributed by atoms with Crippen molar-refractivity contribution in [2.75, 3.05) is 25.1 Å². The second-order valence-corrected chi connectivity index (χ2v) is 8.79. The van der Waals surface area contributed by atoms with E-state index in [4.69, 9.17) is 0 Å². The van der Waals surface area contributed by atoms with Gasteiger partial charge in [-0.15, -0.1) is 0 Å². The van der Waals surface area contributed by atoms with E-state index in [1.54, 1.807) is 6.08 Å². The van der Waals surface area contributed by atoms with E-state index in [2.05, 4.69) is 55.5 Å². The van der Waals surface area contributed by atoms with Crippen molar-refractivity contribution in [1.29, 1.82) is 0 Å². The van der Waals surface area contributed by atoms with Gasteiger partial charge in [0.2, 0.25) is 0 Å². The Hall–Kier alpha value is -2.54. The summed E-state index contributed by atoms with van der Waals surface area (Å²) in [6.45, 7) is 11.1. The van der Waals surface area contributed by atoms with Gasteiger partial charge >= 0.3 is 5.97 Å². The van der Waals surface area contributed by atoms with E-state index in [0.29, 0.717) is 4.91 Å². The molecule has 2 aliphatic rings. The Balaban J connectivity index is 2.00. The van der Waals surface area contributed by atoms with Crippen molar-refractivity contribution in [1.82, 2.24) is 4.90 Å². The number of nitrogens with zero attached hydrogens (tertiary/aromatic N) is 2. The Kier molecular flexibility index (Phi) is 5.63. The van der Waals surface area contributed by atoms with E-state index in [1.165, 1.54) is 18.4 Å². The Labute approximate surface area is 175 Å². The number of rotatable bonds is 4. The topological polar surface area (TPSA) is 66.9 Å². The third kappa shape index (κ3) is 3.83. The van der Waals surface area contributed by atoms with Gasteiger partial charge in [-0.05, 0) is 81.3 Å². The number of esters is 1. The third-order valence-corrected chi connectivity index (χ3v) is 6.26. The maximum atomic E-state index is 12.6. The molecule has 3 rings (SSSR count). The van der Waals surface area contributed by atoms with Gasteiger partial charge in [0, 0.05) is 17.8 Å². The van der Waals surface area contributed by atoms with E-state index in [0.717, 1.165) is 39.9 Å². The molecule has 2 aliphatic heterocycles. The van der Waals surface area contributed by atoms with Crippen molar-refractivity contribution in [3.63, 3.8) is 0 Å². The maximum Gasteiger partial charge on any atom is 0.325 e. The minimum absolute atomic E-state index is 0.0731. The number of thioether (sulfide) groups is 1. The van der Waals surface area contributed by atoms with E-state index in [9.17, 15) is 14.4 Å². The number of anilines is 1. The zero-order valence-corrected chi connectivity index (χ0v) is 18.5. The lowest BCUT2D eigenvalue weighted by Crippen LogP contribution is -2.44. The van der Waals surface area contributed by atoms with Crippen molar-refractivity contribution in [2.45, 2.75) is 40.2 Å². The number of hydrogen-bond donors (Lipinski definition) is 0. The summed E-state index contributed by atoms with van der Waals surface area (Å²) in [5.41, 5.74) is 5.31. The number of allylic oxidation sites excluding steroid dienone is 1. The average molecular weight is 415 g/mol. The van der Waals surface area contributed by atoms with Crippen LogP contribution in [0.1, 0.15) is 44.4 Å². The fourth-order valence-electron chi connectivity index (χ4n) is 3.95. The second-order valence-electron chi connectivity index (χ2n) is 7.80. The molecular weight excluding hydrogens is 388 g/mol. The summed E-state index contributed by atoms with van der Waals surface area (Å²) in [6.07, 6.45) is 3.99. The van der Waals surface area contributed by atoms with Gasteiger partial charge < -0.3 is 9.64 Å². The number of amides is 2. The summed E-state index contributed by atoms with van der Waals surface area (Å²) in [5, 5.41) is -0.461. The predicted octanol–water partition coefficient (Wildman–Crippen LogP) is 4.23. The highest BCUT2D eigenvalue weighted by Crippen LogP contribution is 2.41. The molecule has 0 unspecified atom stereocenters. The SMILES string of the molecule is CCN1c2cc(C)c(/C=C3\SC(=O)N(CC(=O)OC)C3=O)cc2C(C)=CC1(C)C. The van der Waals surface area contributed by atoms with Gasteiger partial charge in [0.05, 0.1) is 17.6 Å². The van der Waals surface area contributed by atoms with E-state index in [1.807, 2.05) is 6.92 Å². The molecule has 1 saturated heterocycles. The highest BCUT2D eigenvalue weighted by atomic mass is 32.2. The molecule has 1 aromatic carbocycles. The molecule has 0 aromatic heterocycles. The molecule has 1 fully saturated rings.